The summed E-state index contributed by atoms with van der Waals surface area (Å²) in [5.41, 5.74) is 3.92. The Bertz CT molecular complexity index is 2560. The minimum atomic E-state index is -0.411. The van der Waals surface area contributed by atoms with Gasteiger partial charge in [0.15, 0.2) is 5.78 Å². The second-order valence-electron chi connectivity index (χ2n) is 21.0. The van der Waals surface area contributed by atoms with Gasteiger partial charge in [-0.25, -0.2) is 0 Å². The Morgan fingerprint density at radius 1 is 0.308 bits per heavy atom. The van der Waals surface area contributed by atoms with Crippen LogP contribution in [0.1, 0.15) is 198 Å². The molecule has 6 aromatic carbocycles. The molecule has 0 atom stereocenters. The van der Waals surface area contributed by atoms with Crippen molar-refractivity contribution in [3.63, 3.8) is 0 Å². The van der Waals surface area contributed by atoms with Crippen molar-refractivity contribution < 1.29 is 44.2 Å². The van der Waals surface area contributed by atoms with Crippen molar-refractivity contribution >= 4 is 5.78 Å². The lowest BCUT2D eigenvalue weighted by Crippen LogP contribution is -2.08. The van der Waals surface area contributed by atoms with Crippen LogP contribution in [0.5, 0.6) is 46.0 Å². The maximum atomic E-state index is 15.9. The second-order valence-corrected chi connectivity index (χ2v) is 21.0. The molecule has 9 heteroatoms. The number of ether oxygens (including phenoxy) is 4. The summed E-state index contributed by atoms with van der Waals surface area (Å²) in [6.07, 6.45) is 27.0. The average molecular weight is 1060 g/mol. The van der Waals surface area contributed by atoms with E-state index in [1.54, 1.807) is 84.9 Å². The molecule has 4 N–H and O–H groups in total. The molecular weight excluding hydrogens is 973 g/mol. The van der Waals surface area contributed by atoms with Crippen LogP contribution in [0.25, 0.3) is 44.5 Å². The van der Waals surface area contributed by atoms with Gasteiger partial charge in [0, 0.05) is 68.8 Å². The van der Waals surface area contributed by atoms with Crippen LogP contribution >= 0.6 is 0 Å². The largest absolute Gasteiger partial charge is 0.507 e. The van der Waals surface area contributed by atoms with Crippen LogP contribution in [0.15, 0.2) is 109 Å². The Morgan fingerprint density at radius 3 is 0.833 bits per heavy atom. The molecule has 420 valence electrons. The molecule has 0 aliphatic heterocycles. The van der Waals surface area contributed by atoms with Crippen molar-refractivity contribution in [3.8, 4) is 90.5 Å². The van der Waals surface area contributed by atoms with Crippen LogP contribution in [0.4, 0.5) is 0 Å². The molecule has 0 aliphatic rings. The molecule has 0 unspecified atom stereocenters. The number of rotatable bonds is 38. The van der Waals surface area contributed by atoms with Crippen molar-refractivity contribution in [3.05, 3.63) is 120 Å². The smallest absolute Gasteiger partial charge is 0.194 e. The predicted molar refractivity (Wildman–Crippen MR) is 320 cm³/mol. The minimum Gasteiger partial charge on any atom is -0.507 e. The summed E-state index contributed by atoms with van der Waals surface area (Å²) >= 11 is 0. The molecule has 0 spiro atoms. The van der Waals surface area contributed by atoms with Crippen LogP contribution in [0.3, 0.4) is 0 Å². The summed E-state index contributed by atoms with van der Waals surface area (Å²) in [7, 11) is 0. The highest BCUT2D eigenvalue weighted by Gasteiger charge is 2.28. The third kappa shape index (κ3) is 18.2. The molecule has 6 aromatic rings. The number of phenolic OH excluding ortho intramolecular Hbond substituents is 4. The van der Waals surface area contributed by atoms with Crippen LogP contribution in [0.2, 0.25) is 0 Å². The van der Waals surface area contributed by atoms with Gasteiger partial charge in [0.05, 0.1) is 26.4 Å². The second kappa shape index (κ2) is 33.6. The first-order chi connectivity index (χ1) is 38.2. The number of phenols is 4. The number of aromatic hydroxyl groups is 4. The normalized spacial score (nSPS) is 11.2. The summed E-state index contributed by atoms with van der Waals surface area (Å²) < 4.78 is 24.5. The molecule has 0 aliphatic carbocycles. The zero-order chi connectivity index (χ0) is 55.3. The number of benzene rings is 6. The monoisotopic (exact) mass is 1060 g/mol. The Morgan fingerprint density at radius 2 is 0.564 bits per heavy atom. The summed E-state index contributed by atoms with van der Waals surface area (Å²) in [6, 6.07) is 31.4. The Labute approximate surface area is 467 Å². The molecule has 6 rings (SSSR count). The topological polar surface area (TPSA) is 135 Å². The number of hydrogen-bond donors (Lipinski definition) is 4. The number of carbonyl (C=O) groups is 1. The number of hydrogen-bond acceptors (Lipinski definition) is 9. The van der Waals surface area contributed by atoms with Gasteiger partial charge in [-0.15, -0.1) is 0 Å². The number of unbranched alkanes of at least 4 members (excludes halogenated alkanes) is 20. The van der Waals surface area contributed by atoms with E-state index in [-0.39, 0.29) is 34.1 Å². The molecule has 0 heterocycles. The third-order valence-electron chi connectivity index (χ3n) is 14.7. The van der Waals surface area contributed by atoms with E-state index in [0.29, 0.717) is 93.9 Å². The van der Waals surface area contributed by atoms with Crippen molar-refractivity contribution in [2.75, 3.05) is 26.4 Å². The van der Waals surface area contributed by atoms with Gasteiger partial charge in [0.25, 0.3) is 0 Å². The van der Waals surface area contributed by atoms with E-state index in [0.717, 1.165) is 77.0 Å². The minimum absolute atomic E-state index is 0.0408. The standard InChI is InChI=1S/C69H90O9/c1-5-9-13-17-21-25-43-75-51-35-39-55(63(70)47-51)57-31-29-33-61(67(57)59-41-37-53(49-65(59)72)77-45-27-23-19-15-11-7-3)69(74)62-34-30-32-58(56-40-36-52(48-64(56)71)76-44-26-22-18-14-10-6-2)68(62)60-42-38-54(50-66(60)73)78-46-28-24-20-16-12-8-4/h29-42,47-50,70-73H,5-28,43-46H2,1-4H3. The third-order valence-corrected chi connectivity index (χ3v) is 14.7. The Kier molecular flexibility index (Phi) is 26.1. The van der Waals surface area contributed by atoms with Gasteiger partial charge in [-0.1, -0.05) is 193 Å². The van der Waals surface area contributed by atoms with E-state index in [9.17, 15) is 20.4 Å². The van der Waals surface area contributed by atoms with Crippen molar-refractivity contribution in [1.29, 1.82) is 0 Å². The van der Waals surface area contributed by atoms with Crippen LogP contribution in [-0.4, -0.2) is 52.6 Å². The fourth-order valence-corrected chi connectivity index (χ4v) is 10.2. The highest BCUT2D eigenvalue weighted by atomic mass is 16.5. The van der Waals surface area contributed by atoms with E-state index in [1.165, 1.54) is 77.0 Å². The fraction of sp³-hybridized carbons (Fsp3) is 0.464. The quantitative estimate of drug-likeness (QED) is 0.0221. The molecule has 0 saturated heterocycles. The lowest BCUT2D eigenvalue weighted by atomic mass is 9.83. The van der Waals surface area contributed by atoms with Gasteiger partial charge in [-0.2, -0.15) is 0 Å². The van der Waals surface area contributed by atoms with Crippen LogP contribution < -0.4 is 18.9 Å². The zero-order valence-electron chi connectivity index (χ0n) is 47.5. The maximum Gasteiger partial charge on any atom is 0.194 e. The maximum absolute atomic E-state index is 15.9. The van der Waals surface area contributed by atoms with Crippen molar-refractivity contribution in [2.45, 2.75) is 182 Å². The summed E-state index contributed by atoms with van der Waals surface area (Å²) in [5, 5.41) is 47.7. The average Bonchev–Trinajstić information content (AvgIpc) is 3.50. The molecular formula is C69H90O9. The van der Waals surface area contributed by atoms with Crippen LogP contribution in [0, 0.1) is 0 Å². The van der Waals surface area contributed by atoms with Crippen LogP contribution in [-0.2, 0) is 0 Å². The van der Waals surface area contributed by atoms with Gasteiger partial charge in [0.1, 0.15) is 46.0 Å². The summed E-state index contributed by atoms with van der Waals surface area (Å²) in [5.74, 6) is 1.40. The van der Waals surface area contributed by atoms with Gasteiger partial charge >= 0.3 is 0 Å². The lowest BCUT2D eigenvalue weighted by Gasteiger charge is -2.21. The van der Waals surface area contributed by atoms with E-state index in [4.69, 9.17) is 18.9 Å². The molecule has 9 nitrogen and oxygen atoms in total. The summed E-state index contributed by atoms with van der Waals surface area (Å²) in [6.45, 7) is 10.9. The molecule has 0 bridgehead atoms. The van der Waals surface area contributed by atoms with Gasteiger partial charge in [-0.3, -0.25) is 4.79 Å². The van der Waals surface area contributed by atoms with Gasteiger partial charge in [0.2, 0.25) is 0 Å². The van der Waals surface area contributed by atoms with Gasteiger partial charge in [-0.05, 0) is 85.3 Å². The van der Waals surface area contributed by atoms with E-state index in [1.807, 2.05) is 24.3 Å². The van der Waals surface area contributed by atoms with E-state index < -0.39 is 5.78 Å². The molecule has 78 heavy (non-hydrogen) atoms. The van der Waals surface area contributed by atoms with Crippen molar-refractivity contribution in [1.82, 2.24) is 0 Å². The van der Waals surface area contributed by atoms with Crippen molar-refractivity contribution in [2.24, 2.45) is 0 Å². The van der Waals surface area contributed by atoms with Gasteiger partial charge < -0.3 is 39.4 Å². The predicted octanol–water partition coefficient (Wildman–Crippen LogP) is 19.4. The SMILES string of the molecule is CCCCCCCCOc1ccc(-c2cccc(C(=O)c3cccc(-c4ccc(OCCCCCCCC)cc4O)c3-c3ccc(OCCCCCCCC)cc3O)c2-c2ccc(OCCCCCCCC)cc2O)c(O)c1. The zero-order valence-corrected chi connectivity index (χ0v) is 47.5. The van der Waals surface area contributed by atoms with E-state index >= 15 is 4.79 Å². The highest BCUT2D eigenvalue weighted by Crippen LogP contribution is 2.48. The Hall–Kier alpha value is -6.61. The Balaban J connectivity index is 1.41. The molecule has 0 fully saturated rings. The molecule has 0 amide bonds. The fourth-order valence-electron chi connectivity index (χ4n) is 10.2. The molecule has 0 aromatic heterocycles. The number of ketones is 1. The first-order valence-electron chi connectivity index (χ1n) is 29.8. The highest BCUT2D eigenvalue weighted by molar-refractivity contribution is 6.19. The number of carbonyl (C=O) groups excluding carboxylic acids is 1. The lowest BCUT2D eigenvalue weighted by molar-refractivity contribution is 0.104. The molecule has 0 saturated carbocycles. The van der Waals surface area contributed by atoms with E-state index in [2.05, 4.69) is 27.7 Å². The summed E-state index contributed by atoms with van der Waals surface area (Å²) in [4.78, 5) is 15.9. The first kappa shape index (κ1) is 60.6. The molecule has 0 radical (unpaired) electrons. The first-order valence-corrected chi connectivity index (χ1v) is 29.8.